The van der Waals surface area contributed by atoms with E-state index in [4.69, 9.17) is 5.73 Å². The smallest absolute Gasteiger partial charge is 0.226 e. The second kappa shape index (κ2) is 11.8. The average molecular weight is 417 g/mol. The fraction of sp³-hybridized carbons (Fsp3) is 0.700. The summed E-state index contributed by atoms with van der Waals surface area (Å²) >= 11 is 0. The highest BCUT2D eigenvalue weighted by atomic mass is 35.5. The van der Waals surface area contributed by atoms with Crippen LogP contribution in [0.3, 0.4) is 0 Å². The second-order valence-electron chi connectivity index (χ2n) is 7.63. The van der Waals surface area contributed by atoms with Crippen molar-refractivity contribution >= 4 is 30.7 Å². The molecule has 0 radical (unpaired) electrons. The van der Waals surface area contributed by atoms with Crippen LogP contribution in [-0.2, 0) is 11.2 Å². The third kappa shape index (κ3) is 6.31. The first kappa shape index (κ1) is 24.2. The molecule has 0 bridgehead atoms. The van der Waals surface area contributed by atoms with Crippen molar-refractivity contribution in [1.82, 2.24) is 14.8 Å². The van der Waals surface area contributed by atoms with Crippen LogP contribution in [0.4, 0.5) is 0 Å². The van der Waals surface area contributed by atoms with Crippen molar-refractivity contribution in [3.8, 4) is 0 Å². The number of halogens is 2. The van der Waals surface area contributed by atoms with Gasteiger partial charge in [0.1, 0.15) is 0 Å². The molecular weight excluding hydrogens is 383 g/mol. The van der Waals surface area contributed by atoms with Crippen molar-refractivity contribution in [2.75, 3.05) is 33.2 Å². The van der Waals surface area contributed by atoms with Gasteiger partial charge in [0.15, 0.2) is 0 Å². The van der Waals surface area contributed by atoms with Crippen LogP contribution in [0.15, 0.2) is 24.4 Å². The van der Waals surface area contributed by atoms with Gasteiger partial charge in [0.05, 0.1) is 0 Å². The summed E-state index contributed by atoms with van der Waals surface area (Å²) < 4.78 is 0. The number of nitrogens with zero attached hydrogens (tertiary/aromatic N) is 3. The van der Waals surface area contributed by atoms with E-state index < -0.39 is 0 Å². The molecule has 0 spiro atoms. The summed E-state index contributed by atoms with van der Waals surface area (Å²) in [5.41, 5.74) is 7.02. The molecule has 1 aliphatic heterocycles. The summed E-state index contributed by atoms with van der Waals surface area (Å²) in [6.45, 7) is 3.84. The number of pyridine rings is 1. The Morgan fingerprint density at radius 3 is 2.59 bits per heavy atom. The Labute approximate surface area is 175 Å². The number of likely N-dealkylation sites (tertiary alicyclic amines) is 1. The molecule has 2 N–H and O–H groups in total. The normalized spacial score (nSPS) is 23.3. The summed E-state index contributed by atoms with van der Waals surface area (Å²) in [4.78, 5) is 21.8. The van der Waals surface area contributed by atoms with Gasteiger partial charge in [-0.15, -0.1) is 24.8 Å². The molecule has 2 heterocycles. The van der Waals surface area contributed by atoms with E-state index in [1.54, 1.807) is 0 Å². The van der Waals surface area contributed by atoms with Crippen LogP contribution in [-0.4, -0.2) is 60.0 Å². The van der Waals surface area contributed by atoms with Crippen molar-refractivity contribution in [1.29, 1.82) is 0 Å². The maximum atomic E-state index is 12.9. The number of amides is 1. The number of piperidine rings is 1. The third-order valence-electron chi connectivity index (χ3n) is 6.14. The molecule has 1 aliphatic carbocycles. The van der Waals surface area contributed by atoms with Crippen molar-refractivity contribution in [2.24, 2.45) is 17.6 Å². The van der Waals surface area contributed by atoms with Crippen LogP contribution in [0.1, 0.15) is 37.8 Å². The first-order valence-electron chi connectivity index (χ1n) is 9.78. The summed E-state index contributed by atoms with van der Waals surface area (Å²) in [5.74, 6) is 0.894. The van der Waals surface area contributed by atoms with Gasteiger partial charge in [-0.05, 0) is 50.3 Å². The molecule has 1 saturated heterocycles. The minimum Gasteiger partial charge on any atom is -0.342 e. The van der Waals surface area contributed by atoms with Crippen LogP contribution in [0.2, 0.25) is 0 Å². The highest BCUT2D eigenvalue weighted by molar-refractivity contribution is 5.85. The maximum Gasteiger partial charge on any atom is 0.226 e. The van der Waals surface area contributed by atoms with Crippen LogP contribution in [0, 0.1) is 11.8 Å². The van der Waals surface area contributed by atoms with E-state index in [2.05, 4.69) is 16.0 Å². The number of aromatic nitrogens is 1. The zero-order valence-corrected chi connectivity index (χ0v) is 17.9. The summed E-state index contributed by atoms with van der Waals surface area (Å²) in [7, 11) is 2.00. The minimum absolute atomic E-state index is 0. The Kier molecular flexibility index (Phi) is 10.6. The summed E-state index contributed by atoms with van der Waals surface area (Å²) in [6, 6.07) is 6.49. The first-order chi connectivity index (χ1) is 12.2. The van der Waals surface area contributed by atoms with Crippen molar-refractivity contribution < 1.29 is 4.79 Å². The number of carbonyl (C=O) groups excluding carboxylic acids is 1. The lowest BCUT2D eigenvalue weighted by atomic mass is 9.93. The third-order valence-corrected chi connectivity index (χ3v) is 6.14. The topological polar surface area (TPSA) is 62.5 Å². The lowest BCUT2D eigenvalue weighted by Crippen LogP contribution is -2.48. The van der Waals surface area contributed by atoms with Crippen molar-refractivity contribution in [2.45, 2.75) is 44.6 Å². The molecule has 1 aromatic rings. The van der Waals surface area contributed by atoms with Gasteiger partial charge in [-0.3, -0.25) is 9.78 Å². The van der Waals surface area contributed by atoms with E-state index in [1.165, 1.54) is 0 Å². The van der Waals surface area contributed by atoms with E-state index in [9.17, 15) is 4.79 Å². The lowest BCUT2D eigenvalue weighted by Gasteiger charge is -2.38. The Morgan fingerprint density at radius 1 is 1.22 bits per heavy atom. The van der Waals surface area contributed by atoms with Gasteiger partial charge in [0.2, 0.25) is 5.91 Å². The van der Waals surface area contributed by atoms with Crippen LogP contribution < -0.4 is 5.73 Å². The van der Waals surface area contributed by atoms with Crippen LogP contribution >= 0.6 is 24.8 Å². The van der Waals surface area contributed by atoms with Gasteiger partial charge >= 0.3 is 0 Å². The largest absolute Gasteiger partial charge is 0.342 e. The van der Waals surface area contributed by atoms with Crippen LogP contribution in [0.25, 0.3) is 0 Å². The summed E-state index contributed by atoms with van der Waals surface area (Å²) in [5, 5.41) is 0. The van der Waals surface area contributed by atoms with Crippen molar-refractivity contribution in [3.05, 3.63) is 30.1 Å². The Morgan fingerprint density at radius 2 is 1.96 bits per heavy atom. The summed E-state index contributed by atoms with van der Waals surface area (Å²) in [6.07, 6.45) is 8.30. The van der Waals surface area contributed by atoms with Gasteiger partial charge < -0.3 is 15.5 Å². The van der Waals surface area contributed by atoms with Gasteiger partial charge in [0, 0.05) is 57.0 Å². The minimum atomic E-state index is 0. The van der Waals surface area contributed by atoms with Gasteiger partial charge in [-0.1, -0.05) is 12.5 Å². The Bertz CT molecular complexity index is 552. The first-order valence-corrected chi connectivity index (χ1v) is 9.78. The monoisotopic (exact) mass is 416 g/mol. The molecule has 5 nitrogen and oxygen atoms in total. The highest BCUT2D eigenvalue weighted by Gasteiger charge is 2.36. The Hall–Kier alpha value is -0.880. The Balaban J connectivity index is 0.00000182. The lowest BCUT2D eigenvalue weighted by molar-refractivity contribution is -0.138. The van der Waals surface area contributed by atoms with E-state index in [0.717, 1.165) is 63.9 Å². The van der Waals surface area contributed by atoms with Gasteiger partial charge in [-0.2, -0.15) is 0 Å². The molecule has 27 heavy (non-hydrogen) atoms. The van der Waals surface area contributed by atoms with E-state index in [0.29, 0.717) is 24.4 Å². The zero-order chi connectivity index (χ0) is 17.6. The quantitative estimate of drug-likeness (QED) is 0.773. The molecule has 3 rings (SSSR count). The molecule has 2 atom stereocenters. The molecule has 2 aliphatic rings. The van der Waals surface area contributed by atoms with E-state index >= 15 is 0 Å². The number of nitrogens with two attached hydrogens (primary N) is 1. The van der Waals surface area contributed by atoms with E-state index in [-0.39, 0.29) is 30.7 Å². The molecule has 2 fully saturated rings. The number of hydrogen-bond donors (Lipinski definition) is 1. The van der Waals surface area contributed by atoms with Gasteiger partial charge in [0.25, 0.3) is 0 Å². The maximum absolute atomic E-state index is 12.9. The van der Waals surface area contributed by atoms with Gasteiger partial charge in [-0.25, -0.2) is 0 Å². The molecule has 0 unspecified atom stereocenters. The number of rotatable bonds is 6. The predicted molar refractivity (Wildman–Crippen MR) is 115 cm³/mol. The predicted octanol–water partition coefficient (Wildman–Crippen LogP) is 2.77. The average Bonchev–Trinajstić information content (AvgIpc) is 3.15. The number of hydrogen-bond acceptors (Lipinski definition) is 4. The molecule has 154 valence electrons. The number of carbonyl (C=O) groups is 1. The van der Waals surface area contributed by atoms with E-state index in [1.807, 2.05) is 30.3 Å². The molecule has 7 heteroatoms. The second-order valence-corrected chi connectivity index (χ2v) is 7.63. The highest BCUT2D eigenvalue weighted by Crippen LogP contribution is 2.33. The molecular formula is C20H34Cl2N4O. The van der Waals surface area contributed by atoms with Crippen LogP contribution in [0.5, 0.6) is 0 Å². The standard InChI is InChI=1S/C20H32N4O.2ClH/c1-23(20(25)19-7-4-5-16(19)15-21)18-9-13-24(14-10-18)12-8-17-6-2-3-11-22-17;;/h2-3,6,11,16,18-19H,4-5,7-10,12-15,21H2,1H3;2*1H/t16-,19-;;/m1../s1. The fourth-order valence-electron chi connectivity index (χ4n) is 4.43. The fourth-order valence-corrected chi connectivity index (χ4v) is 4.43. The zero-order valence-electron chi connectivity index (χ0n) is 16.3. The molecule has 1 amide bonds. The van der Waals surface area contributed by atoms with Crippen molar-refractivity contribution in [3.63, 3.8) is 0 Å². The molecule has 1 aromatic heterocycles. The SMILES string of the molecule is CN(C(=O)[C@@H]1CCC[C@@H]1CN)C1CCN(CCc2ccccn2)CC1.Cl.Cl. The molecule has 0 aromatic carbocycles. The molecule has 1 saturated carbocycles.